The molecule has 0 saturated heterocycles. The Kier molecular flexibility index (Phi) is 7.69. The fourth-order valence-corrected chi connectivity index (χ4v) is 3.57. The minimum atomic E-state index is -0.735. The molecule has 8 heteroatoms. The highest BCUT2D eigenvalue weighted by Gasteiger charge is 2.17. The lowest BCUT2D eigenvalue weighted by atomic mass is 10.1. The van der Waals surface area contributed by atoms with Crippen molar-refractivity contribution in [2.75, 3.05) is 22.6 Å². The topological polar surface area (TPSA) is 96.5 Å². The summed E-state index contributed by atoms with van der Waals surface area (Å²) in [5.74, 6) is -1.19. The fraction of sp³-hybridized carbons (Fsp3) is 0.160. The fourth-order valence-electron chi connectivity index (χ4n) is 3.38. The van der Waals surface area contributed by atoms with Gasteiger partial charge in [0.2, 0.25) is 0 Å². The summed E-state index contributed by atoms with van der Waals surface area (Å²) in [5, 5.41) is 8.51. The maximum Gasteiger partial charge on any atom is 0.340 e. The van der Waals surface area contributed by atoms with Crippen molar-refractivity contribution in [1.82, 2.24) is 0 Å². The van der Waals surface area contributed by atoms with Gasteiger partial charge in [0.15, 0.2) is 6.61 Å². The molecule has 33 heavy (non-hydrogen) atoms. The van der Waals surface area contributed by atoms with E-state index in [1.165, 1.54) is 6.07 Å². The van der Waals surface area contributed by atoms with E-state index in [2.05, 4.69) is 16.0 Å². The quantitative estimate of drug-likeness (QED) is 0.406. The van der Waals surface area contributed by atoms with Gasteiger partial charge in [0, 0.05) is 16.4 Å². The molecule has 0 bridgehead atoms. The number of hydrogen-bond acceptors (Lipinski definition) is 4. The van der Waals surface area contributed by atoms with Gasteiger partial charge in [-0.05, 0) is 62.2 Å². The van der Waals surface area contributed by atoms with Crippen LogP contribution in [-0.4, -0.2) is 24.5 Å². The third kappa shape index (κ3) is 6.57. The van der Waals surface area contributed by atoms with Crippen molar-refractivity contribution in [3.05, 3.63) is 87.9 Å². The molecule has 3 aromatic carbocycles. The van der Waals surface area contributed by atoms with E-state index >= 15 is 0 Å². The first kappa shape index (κ1) is 23.8. The van der Waals surface area contributed by atoms with Crippen LogP contribution >= 0.6 is 11.6 Å². The lowest BCUT2D eigenvalue weighted by molar-refractivity contribution is -0.119. The van der Waals surface area contributed by atoms with E-state index in [1.54, 1.807) is 42.5 Å². The van der Waals surface area contributed by atoms with Crippen LogP contribution in [0.1, 0.15) is 27.0 Å². The second-order valence-corrected chi connectivity index (χ2v) is 7.97. The second-order valence-electron chi connectivity index (χ2n) is 7.53. The highest BCUT2D eigenvalue weighted by Crippen LogP contribution is 2.22. The molecule has 3 N–H and O–H groups in total. The van der Waals surface area contributed by atoms with E-state index in [9.17, 15) is 14.4 Å². The number of aryl methyl sites for hydroxylation is 3. The number of carbonyl (C=O) groups is 3. The number of rotatable bonds is 6. The molecule has 0 spiro atoms. The Bertz CT molecular complexity index is 1190. The summed E-state index contributed by atoms with van der Waals surface area (Å²) in [6.07, 6.45) is 0. The Morgan fingerprint density at radius 3 is 2.24 bits per heavy atom. The molecule has 0 aliphatic rings. The molecule has 0 saturated carbocycles. The van der Waals surface area contributed by atoms with E-state index in [0.717, 1.165) is 16.7 Å². The number of anilines is 3. The van der Waals surface area contributed by atoms with Gasteiger partial charge in [0.25, 0.3) is 5.91 Å². The first-order valence-electron chi connectivity index (χ1n) is 10.2. The predicted molar refractivity (Wildman–Crippen MR) is 130 cm³/mol. The van der Waals surface area contributed by atoms with Gasteiger partial charge < -0.3 is 20.7 Å². The molecular formula is C25H24ClN3O4. The van der Waals surface area contributed by atoms with Crippen LogP contribution in [0.4, 0.5) is 21.9 Å². The van der Waals surface area contributed by atoms with Crippen LogP contribution in [0.2, 0.25) is 5.02 Å². The number of amides is 3. The number of ether oxygens (including phenoxy) is 1. The van der Waals surface area contributed by atoms with Gasteiger partial charge in [0.05, 0.1) is 11.3 Å². The number of nitrogens with one attached hydrogen (secondary N) is 3. The van der Waals surface area contributed by atoms with Crippen molar-refractivity contribution < 1.29 is 19.1 Å². The van der Waals surface area contributed by atoms with E-state index in [1.807, 2.05) is 32.9 Å². The molecule has 0 atom stereocenters. The molecular weight excluding hydrogens is 442 g/mol. The lowest BCUT2D eigenvalue weighted by Crippen LogP contribution is -2.24. The molecule has 0 aliphatic carbocycles. The van der Waals surface area contributed by atoms with Gasteiger partial charge in [-0.1, -0.05) is 47.5 Å². The Morgan fingerprint density at radius 1 is 0.848 bits per heavy atom. The SMILES string of the molecule is Cc1cc(C)c(NC(=O)COC(=O)c2ccccc2NC(=O)Nc2cccc(Cl)c2)c(C)c1. The largest absolute Gasteiger partial charge is 0.452 e. The Balaban J connectivity index is 1.61. The molecule has 0 radical (unpaired) electrons. The highest BCUT2D eigenvalue weighted by atomic mass is 35.5. The van der Waals surface area contributed by atoms with Crippen molar-refractivity contribution in [1.29, 1.82) is 0 Å². The van der Waals surface area contributed by atoms with E-state index in [4.69, 9.17) is 16.3 Å². The maximum absolute atomic E-state index is 12.6. The number of benzene rings is 3. The van der Waals surface area contributed by atoms with Gasteiger partial charge in [-0.25, -0.2) is 9.59 Å². The van der Waals surface area contributed by atoms with Crippen LogP contribution in [-0.2, 0) is 9.53 Å². The smallest absolute Gasteiger partial charge is 0.340 e. The van der Waals surface area contributed by atoms with Crippen LogP contribution in [0.5, 0.6) is 0 Å². The van der Waals surface area contributed by atoms with Crippen LogP contribution in [0.3, 0.4) is 0 Å². The monoisotopic (exact) mass is 465 g/mol. The molecule has 0 heterocycles. The zero-order chi connectivity index (χ0) is 24.0. The highest BCUT2D eigenvalue weighted by molar-refractivity contribution is 6.30. The Hall–Kier alpha value is -3.84. The zero-order valence-corrected chi connectivity index (χ0v) is 19.2. The van der Waals surface area contributed by atoms with Gasteiger partial charge in [-0.15, -0.1) is 0 Å². The van der Waals surface area contributed by atoms with Crippen molar-refractivity contribution in [3.8, 4) is 0 Å². The van der Waals surface area contributed by atoms with Crippen molar-refractivity contribution >= 4 is 46.6 Å². The molecule has 3 aromatic rings. The third-order valence-electron chi connectivity index (χ3n) is 4.75. The number of urea groups is 1. The normalized spacial score (nSPS) is 10.3. The van der Waals surface area contributed by atoms with Gasteiger partial charge in [-0.2, -0.15) is 0 Å². The van der Waals surface area contributed by atoms with Crippen molar-refractivity contribution in [3.63, 3.8) is 0 Å². The van der Waals surface area contributed by atoms with Gasteiger partial charge in [0.1, 0.15) is 0 Å². The summed E-state index contributed by atoms with van der Waals surface area (Å²) < 4.78 is 5.18. The minimum Gasteiger partial charge on any atom is -0.452 e. The molecule has 0 aromatic heterocycles. The number of halogens is 1. The average Bonchev–Trinajstić information content (AvgIpc) is 2.75. The Labute approximate surface area is 197 Å². The molecule has 3 rings (SSSR count). The first-order valence-corrected chi connectivity index (χ1v) is 10.6. The molecule has 0 fully saturated rings. The van der Waals surface area contributed by atoms with Gasteiger partial charge in [-0.3, -0.25) is 4.79 Å². The summed E-state index contributed by atoms with van der Waals surface area (Å²) in [7, 11) is 0. The van der Waals surface area contributed by atoms with Crippen LogP contribution in [0, 0.1) is 20.8 Å². The third-order valence-corrected chi connectivity index (χ3v) is 4.99. The lowest BCUT2D eigenvalue weighted by Gasteiger charge is -2.14. The molecule has 170 valence electrons. The summed E-state index contributed by atoms with van der Waals surface area (Å²) in [4.78, 5) is 37.3. The van der Waals surface area contributed by atoms with Crippen LogP contribution in [0.15, 0.2) is 60.7 Å². The van der Waals surface area contributed by atoms with Crippen molar-refractivity contribution in [2.24, 2.45) is 0 Å². The van der Waals surface area contributed by atoms with E-state index in [-0.39, 0.29) is 11.3 Å². The zero-order valence-electron chi connectivity index (χ0n) is 18.5. The number of hydrogen-bond donors (Lipinski definition) is 3. The molecule has 0 unspecified atom stereocenters. The maximum atomic E-state index is 12.6. The second kappa shape index (κ2) is 10.7. The first-order chi connectivity index (χ1) is 15.7. The van der Waals surface area contributed by atoms with Gasteiger partial charge >= 0.3 is 12.0 Å². The van der Waals surface area contributed by atoms with Crippen LogP contribution in [0.25, 0.3) is 0 Å². The van der Waals surface area contributed by atoms with Crippen molar-refractivity contribution in [2.45, 2.75) is 20.8 Å². The summed E-state index contributed by atoms with van der Waals surface area (Å²) in [5.41, 5.74) is 4.50. The average molecular weight is 466 g/mol. The summed E-state index contributed by atoms with van der Waals surface area (Å²) >= 11 is 5.93. The minimum absolute atomic E-state index is 0.120. The molecule has 7 nitrogen and oxygen atoms in total. The number of carbonyl (C=O) groups excluding carboxylic acids is 3. The number of para-hydroxylation sites is 1. The summed E-state index contributed by atoms with van der Waals surface area (Å²) in [6, 6.07) is 16.4. The Morgan fingerprint density at radius 2 is 1.55 bits per heavy atom. The standard InChI is InChI=1S/C25H24ClN3O4/c1-15-11-16(2)23(17(3)12-15)29-22(30)14-33-24(31)20-9-4-5-10-21(20)28-25(32)27-19-8-6-7-18(26)13-19/h4-13H,14H2,1-3H3,(H,29,30)(H2,27,28,32). The summed E-state index contributed by atoms with van der Waals surface area (Å²) in [6.45, 7) is 5.32. The predicted octanol–water partition coefficient (Wildman–Crippen LogP) is 5.70. The number of esters is 1. The molecule has 0 aliphatic heterocycles. The van der Waals surface area contributed by atoms with Crippen LogP contribution < -0.4 is 16.0 Å². The molecule has 3 amide bonds. The van der Waals surface area contributed by atoms with E-state index in [0.29, 0.717) is 16.4 Å². The van der Waals surface area contributed by atoms with E-state index < -0.39 is 24.5 Å².